The average molecular weight is 594 g/mol. The molecule has 9 heteroatoms. The molecule has 0 radical (unpaired) electrons. The van der Waals surface area contributed by atoms with Gasteiger partial charge in [0, 0.05) is 33.5 Å². The molecule has 5 rings (SSSR count). The number of amides is 1. The van der Waals surface area contributed by atoms with Crippen LogP contribution in [0.2, 0.25) is 0 Å². The van der Waals surface area contributed by atoms with Gasteiger partial charge in [0.15, 0.2) is 5.11 Å². The van der Waals surface area contributed by atoms with Gasteiger partial charge in [0.1, 0.15) is 23.4 Å². The van der Waals surface area contributed by atoms with Crippen LogP contribution in [0.1, 0.15) is 42.9 Å². The first kappa shape index (κ1) is 26.1. The Kier molecular flexibility index (Phi) is 7.32. The Morgan fingerprint density at radius 2 is 1.97 bits per heavy atom. The number of aromatic nitrogens is 1. The maximum absolute atomic E-state index is 13.7. The molecule has 0 spiro atoms. The number of benzene rings is 2. The summed E-state index contributed by atoms with van der Waals surface area (Å²) in [6.45, 7) is 5.67. The van der Waals surface area contributed by atoms with Gasteiger partial charge in [-0.15, -0.1) is 0 Å². The Bertz CT molecular complexity index is 1510. The second-order valence-corrected chi connectivity index (χ2v) is 10.7. The van der Waals surface area contributed by atoms with Crippen molar-refractivity contribution in [2.45, 2.75) is 32.9 Å². The summed E-state index contributed by atoms with van der Waals surface area (Å²) in [6, 6.07) is 19.2. The minimum absolute atomic E-state index is 0.0395. The number of nitrogens with one attached hydrogen (secondary N) is 2. The number of hydrogen-bond acceptors (Lipinski definition) is 4. The Morgan fingerprint density at radius 1 is 1.16 bits per heavy atom. The fourth-order valence-corrected chi connectivity index (χ4v) is 5.37. The van der Waals surface area contributed by atoms with E-state index in [1.165, 1.54) is 12.1 Å². The highest BCUT2D eigenvalue weighted by Crippen LogP contribution is 2.44. The number of nitrogens with zero attached hydrogens (tertiary/aromatic N) is 2. The summed E-state index contributed by atoms with van der Waals surface area (Å²) in [4.78, 5) is 18.9. The largest absolute Gasteiger partial charge is 0.459 e. The zero-order valence-corrected chi connectivity index (χ0v) is 23.4. The number of pyridine rings is 1. The zero-order chi connectivity index (χ0) is 27.0. The summed E-state index contributed by atoms with van der Waals surface area (Å²) in [5, 5.41) is 6.94. The van der Waals surface area contributed by atoms with Crippen LogP contribution in [-0.4, -0.2) is 16.0 Å². The predicted octanol–water partition coefficient (Wildman–Crippen LogP) is 7.32. The molecule has 2 N–H and O–H groups in total. The Morgan fingerprint density at radius 3 is 2.66 bits per heavy atom. The number of hydrogen-bond donors (Lipinski definition) is 2. The van der Waals surface area contributed by atoms with Gasteiger partial charge in [0.2, 0.25) is 5.91 Å². The molecule has 1 saturated heterocycles. The molecular formula is C29H26BrFN4O2S. The Balaban J connectivity index is 1.56. The third kappa shape index (κ3) is 5.08. The number of aryl methyl sites for hydroxylation is 1. The third-order valence-electron chi connectivity index (χ3n) is 6.48. The molecule has 4 aromatic rings. The quantitative estimate of drug-likeness (QED) is 0.228. The van der Waals surface area contributed by atoms with E-state index in [0.29, 0.717) is 21.1 Å². The van der Waals surface area contributed by atoms with Gasteiger partial charge in [-0.25, -0.2) is 4.39 Å². The van der Waals surface area contributed by atoms with Crippen molar-refractivity contribution in [2.24, 2.45) is 5.92 Å². The standard InChI is InChI=1S/C29H26BrFN4O2S/c1-16(2)28(36)33-22-10-8-19(14-17(22)3)35-27(26(34-29(35)38)23-6-4-5-13-32-23)25-12-11-24(37-25)20-9-7-18(31)15-21(20)30/h4-16,26-27H,1-3H3,(H,33,36)(H,34,38)/t26-,27+/m1/s1. The maximum atomic E-state index is 13.7. The molecule has 1 aliphatic rings. The predicted molar refractivity (Wildman–Crippen MR) is 154 cm³/mol. The zero-order valence-electron chi connectivity index (χ0n) is 21.0. The van der Waals surface area contributed by atoms with Crippen LogP contribution in [0.5, 0.6) is 0 Å². The van der Waals surface area contributed by atoms with Gasteiger partial charge in [0.05, 0.1) is 11.7 Å². The normalized spacial score (nSPS) is 17.1. The van der Waals surface area contributed by atoms with Gasteiger partial charge in [-0.2, -0.15) is 0 Å². The number of halogens is 2. The van der Waals surface area contributed by atoms with E-state index in [9.17, 15) is 9.18 Å². The number of carbonyl (C=O) groups is 1. The van der Waals surface area contributed by atoms with Gasteiger partial charge < -0.3 is 20.0 Å². The molecule has 0 saturated carbocycles. The highest BCUT2D eigenvalue weighted by Gasteiger charge is 2.42. The molecule has 6 nitrogen and oxygen atoms in total. The van der Waals surface area contributed by atoms with Crippen LogP contribution in [0.15, 0.2) is 81.8 Å². The molecule has 3 heterocycles. The van der Waals surface area contributed by atoms with Crippen LogP contribution in [0.4, 0.5) is 15.8 Å². The van der Waals surface area contributed by atoms with Gasteiger partial charge >= 0.3 is 0 Å². The van der Waals surface area contributed by atoms with Crippen molar-refractivity contribution in [3.63, 3.8) is 0 Å². The minimum atomic E-state index is -0.346. The molecule has 0 unspecified atom stereocenters. The lowest BCUT2D eigenvalue weighted by Crippen LogP contribution is -2.29. The molecule has 2 aromatic heterocycles. The minimum Gasteiger partial charge on any atom is -0.459 e. The van der Waals surface area contributed by atoms with Crippen LogP contribution in [-0.2, 0) is 4.79 Å². The van der Waals surface area contributed by atoms with Crippen molar-refractivity contribution in [2.75, 3.05) is 10.2 Å². The van der Waals surface area contributed by atoms with Crippen LogP contribution in [0, 0.1) is 18.7 Å². The third-order valence-corrected chi connectivity index (χ3v) is 7.45. The van der Waals surface area contributed by atoms with Gasteiger partial charge in [-0.3, -0.25) is 9.78 Å². The fourth-order valence-electron chi connectivity index (χ4n) is 4.48. The topological polar surface area (TPSA) is 70.4 Å². The number of thiocarbonyl (C=S) groups is 1. The van der Waals surface area contributed by atoms with Gasteiger partial charge in [-0.05, 0) is 101 Å². The molecule has 1 fully saturated rings. The summed E-state index contributed by atoms with van der Waals surface area (Å²) in [5.74, 6) is 0.786. The highest BCUT2D eigenvalue weighted by atomic mass is 79.9. The molecule has 2 atom stereocenters. The van der Waals surface area contributed by atoms with Gasteiger partial charge in [-0.1, -0.05) is 19.9 Å². The van der Waals surface area contributed by atoms with E-state index in [1.807, 2.05) is 74.2 Å². The van der Waals surface area contributed by atoms with Crippen molar-refractivity contribution in [3.8, 4) is 11.3 Å². The Hall–Kier alpha value is -3.56. The summed E-state index contributed by atoms with van der Waals surface area (Å²) in [6.07, 6.45) is 1.75. The van der Waals surface area contributed by atoms with Gasteiger partial charge in [0.25, 0.3) is 0 Å². The van der Waals surface area contributed by atoms with E-state index in [-0.39, 0.29) is 29.7 Å². The van der Waals surface area contributed by atoms with Crippen LogP contribution >= 0.6 is 28.1 Å². The van der Waals surface area contributed by atoms with Crippen LogP contribution < -0.4 is 15.5 Å². The second-order valence-electron chi connectivity index (χ2n) is 9.47. The number of carbonyl (C=O) groups excluding carboxylic acids is 1. The van der Waals surface area contributed by atoms with E-state index in [1.54, 1.807) is 12.3 Å². The number of rotatable bonds is 6. The smallest absolute Gasteiger partial charge is 0.226 e. The lowest BCUT2D eigenvalue weighted by atomic mass is 10.0. The van der Waals surface area contributed by atoms with Crippen molar-refractivity contribution >= 4 is 50.5 Å². The summed E-state index contributed by atoms with van der Waals surface area (Å²) in [7, 11) is 0. The monoisotopic (exact) mass is 592 g/mol. The van der Waals surface area contributed by atoms with Crippen molar-refractivity contribution in [1.82, 2.24) is 10.3 Å². The summed E-state index contributed by atoms with van der Waals surface area (Å²) in [5.41, 5.74) is 4.08. The molecule has 2 aromatic carbocycles. The molecule has 194 valence electrons. The van der Waals surface area contributed by atoms with E-state index in [4.69, 9.17) is 16.6 Å². The van der Waals surface area contributed by atoms with E-state index >= 15 is 0 Å². The summed E-state index contributed by atoms with van der Waals surface area (Å²) >= 11 is 9.26. The maximum Gasteiger partial charge on any atom is 0.226 e. The molecule has 1 amide bonds. The Labute approximate surface area is 234 Å². The first-order valence-corrected chi connectivity index (χ1v) is 13.4. The first-order valence-electron chi connectivity index (χ1n) is 12.2. The van der Waals surface area contributed by atoms with E-state index < -0.39 is 0 Å². The molecule has 38 heavy (non-hydrogen) atoms. The first-order chi connectivity index (χ1) is 18.2. The second kappa shape index (κ2) is 10.7. The fraction of sp³-hybridized carbons (Fsp3) is 0.207. The van der Waals surface area contributed by atoms with E-state index in [0.717, 1.165) is 28.2 Å². The molecule has 0 bridgehead atoms. The summed E-state index contributed by atoms with van der Waals surface area (Å²) < 4.78 is 20.7. The van der Waals surface area contributed by atoms with Crippen molar-refractivity contribution < 1.29 is 13.6 Å². The highest BCUT2D eigenvalue weighted by molar-refractivity contribution is 9.10. The number of anilines is 2. The van der Waals surface area contributed by atoms with Crippen molar-refractivity contribution in [3.05, 3.63) is 100 Å². The average Bonchev–Trinajstić information content (AvgIpc) is 3.50. The molecular weight excluding hydrogens is 567 g/mol. The van der Waals surface area contributed by atoms with E-state index in [2.05, 4.69) is 31.5 Å². The van der Waals surface area contributed by atoms with Crippen LogP contribution in [0.3, 0.4) is 0 Å². The molecule has 0 aliphatic carbocycles. The lowest BCUT2D eigenvalue weighted by molar-refractivity contribution is -0.118. The van der Waals surface area contributed by atoms with Crippen LogP contribution in [0.25, 0.3) is 11.3 Å². The molecule has 1 aliphatic heterocycles. The number of furan rings is 1. The lowest BCUT2D eigenvalue weighted by Gasteiger charge is -2.27. The van der Waals surface area contributed by atoms with Crippen molar-refractivity contribution in [1.29, 1.82) is 0 Å². The SMILES string of the molecule is Cc1cc(N2C(=S)N[C@H](c3ccccn3)[C@@H]2c2ccc(-c3ccc(F)cc3Br)o2)ccc1NC(=O)C(C)C.